The molecule has 0 saturated carbocycles. The van der Waals surface area contributed by atoms with Gasteiger partial charge < -0.3 is 4.74 Å². The van der Waals surface area contributed by atoms with Gasteiger partial charge in [-0.3, -0.25) is 0 Å². The number of amides is 1. The average Bonchev–Trinajstić information content (AvgIpc) is 1.81. The van der Waals surface area contributed by atoms with E-state index in [2.05, 4.69) is 15.4 Å². The van der Waals surface area contributed by atoms with E-state index in [-0.39, 0.29) is 6.42 Å². The summed E-state index contributed by atoms with van der Waals surface area (Å²) in [6.07, 6.45) is -2.75. The Hall–Kier alpha value is -0.560. The van der Waals surface area contributed by atoms with E-state index in [9.17, 15) is 17.6 Å². The van der Waals surface area contributed by atoms with Crippen LogP contribution >= 0.6 is 10.7 Å². The van der Waals surface area contributed by atoms with E-state index in [1.54, 1.807) is 6.92 Å². The van der Waals surface area contributed by atoms with Gasteiger partial charge in [-0.1, -0.05) is 6.92 Å². The highest BCUT2D eigenvalue weighted by molar-refractivity contribution is 8.12. The Kier molecular flexibility index (Phi) is 5.01. The molecule has 0 aromatic heterocycles. The van der Waals surface area contributed by atoms with Crippen molar-refractivity contribution >= 4 is 26.0 Å². The van der Waals surface area contributed by atoms with E-state index in [1.165, 1.54) is 4.72 Å². The molecule has 0 aliphatic rings. The second-order valence-corrected chi connectivity index (χ2v) is 4.44. The molecule has 1 N–H and O–H groups in total. The molecule has 0 aromatic rings. The molecule has 5 nitrogen and oxygen atoms in total. The number of alkyl halides is 1. The fourth-order valence-corrected chi connectivity index (χ4v) is 0.962. The Morgan fingerprint density at radius 1 is 1.69 bits per heavy atom. The second-order valence-electron chi connectivity index (χ2n) is 2.14. The first-order valence-electron chi connectivity index (χ1n) is 3.42. The van der Waals surface area contributed by atoms with E-state index < -0.39 is 21.7 Å². The van der Waals surface area contributed by atoms with Crippen LogP contribution < -0.4 is 4.72 Å². The van der Waals surface area contributed by atoms with Crippen molar-refractivity contribution in [3.05, 3.63) is 0 Å². The van der Waals surface area contributed by atoms with E-state index >= 15 is 0 Å². The van der Waals surface area contributed by atoms with Crippen molar-refractivity contribution in [2.24, 2.45) is 0 Å². The smallest absolute Gasteiger partial charge is 0.414 e. The maximum absolute atomic E-state index is 12.5. The Balaban J connectivity index is 3.88. The lowest BCUT2D eigenvalue weighted by atomic mass is 10.3. The van der Waals surface area contributed by atoms with Crippen molar-refractivity contribution in [3.63, 3.8) is 0 Å². The molecule has 0 rings (SSSR count). The molecular formula is C5H9ClFNO4S. The number of hydrogen-bond donors (Lipinski definition) is 1. The topological polar surface area (TPSA) is 72.5 Å². The van der Waals surface area contributed by atoms with Crippen molar-refractivity contribution < 1.29 is 22.3 Å². The molecule has 0 aliphatic heterocycles. The second kappa shape index (κ2) is 5.23. The minimum absolute atomic E-state index is 0.00968. The molecule has 78 valence electrons. The molecule has 0 aliphatic carbocycles. The largest absolute Gasteiger partial charge is 0.424 e. The number of ether oxygens (including phenoxy) is 1. The Morgan fingerprint density at radius 3 is 2.62 bits per heavy atom. The van der Waals surface area contributed by atoms with Crippen LogP contribution in [0.1, 0.15) is 19.8 Å². The zero-order chi connectivity index (χ0) is 10.5. The van der Waals surface area contributed by atoms with Crippen LogP contribution in [0.25, 0.3) is 0 Å². The summed E-state index contributed by atoms with van der Waals surface area (Å²) in [5, 5.41) is 0. The maximum atomic E-state index is 12.5. The lowest BCUT2D eigenvalue weighted by molar-refractivity contribution is 0.0113. The van der Waals surface area contributed by atoms with Gasteiger partial charge in [-0.15, -0.1) is 0 Å². The molecule has 13 heavy (non-hydrogen) atoms. The third-order valence-electron chi connectivity index (χ3n) is 0.956. The molecule has 0 spiro atoms. The Morgan fingerprint density at radius 2 is 2.23 bits per heavy atom. The number of carbonyl (C=O) groups excluding carboxylic acids is 1. The van der Waals surface area contributed by atoms with Gasteiger partial charge in [0.05, 0.1) is 0 Å². The summed E-state index contributed by atoms with van der Waals surface area (Å²) in [7, 11) is 0.423. The zero-order valence-corrected chi connectivity index (χ0v) is 8.36. The van der Waals surface area contributed by atoms with Crippen LogP contribution in [0.15, 0.2) is 0 Å². The molecule has 0 bridgehead atoms. The van der Waals surface area contributed by atoms with Gasteiger partial charge in [0.2, 0.25) is 6.36 Å². The van der Waals surface area contributed by atoms with Crippen molar-refractivity contribution in [1.82, 2.24) is 4.72 Å². The van der Waals surface area contributed by atoms with Gasteiger partial charge >= 0.3 is 15.3 Å². The molecule has 0 heterocycles. The summed E-state index contributed by atoms with van der Waals surface area (Å²) in [6, 6.07) is 0. The highest BCUT2D eigenvalue weighted by Gasteiger charge is 2.16. The van der Waals surface area contributed by atoms with Gasteiger partial charge in [-0.25, -0.2) is 13.9 Å². The quantitative estimate of drug-likeness (QED) is 0.743. The first-order valence-corrected chi connectivity index (χ1v) is 5.73. The van der Waals surface area contributed by atoms with Gasteiger partial charge in [0.25, 0.3) is 0 Å². The fraction of sp³-hybridized carbons (Fsp3) is 0.800. The van der Waals surface area contributed by atoms with Crippen molar-refractivity contribution in [2.45, 2.75) is 26.1 Å². The van der Waals surface area contributed by atoms with E-state index in [0.29, 0.717) is 6.42 Å². The normalized spacial score (nSPS) is 13.5. The van der Waals surface area contributed by atoms with Crippen LogP contribution in [0, 0.1) is 0 Å². The van der Waals surface area contributed by atoms with Gasteiger partial charge in [0, 0.05) is 17.1 Å². The summed E-state index contributed by atoms with van der Waals surface area (Å²) < 4.78 is 38.2. The lowest BCUT2D eigenvalue weighted by Crippen LogP contribution is -2.29. The number of nitrogens with one attached hydrogen (secondary N) is 1. The fourth-order valence-electron chi connectivity index (χ4n) is 0.526. The van der Waals surface area contributed by atoms with Crippen LogP contribution in [-0.2, 0) is 14.0 Å². The van der Waals surface area contributed by atoms with E-state index in [0.717, 1.165) is 0 Å². The van der Waals surface area contributed by atoms with Crippen LogP contribution in [0.3, 0.4) is 0 Å². The van der Waals surface area contributed by atoms with Crippen LogP contribution in [0.2, 0.25) is 0 Å². The van der Waals surface area contributed by atoms with Gasteiger partial charge in [-0.05, 0) is 6.42 Å². The van der Waals surface area contributed by atoms with Gasteiger partial charge in [-0.2, -0.15) is 8.42 Å². The highest BCUT2D eigenvalue weighted by atomic mass is 35.7. The molecule has 1 unspecified atom stereocenters. The monoisotopic (exact) mass is 233 g/mol. The summed E-state index contributed by atoms with van der Waals surface area (Å²) in [6.45, 7) is 1.69. The van der Waals surface area contributed by atoms with E-state index in [4.69, 9.17) is 0 Å². The number of halogens is 2. The summed E-state index contributed by atoms with van der Waals surface area (Å²) in [4.78, 5) is 10.5. The molecule has 0 fully saturated rings. The van der Waals surface area contributed by atoms with Crippen molar-refractivity contribution in [2.75, 3.05) is 0 Å². The average molecular weight is 234 g/mol. The molecule has 0 saturated heterocycles. The van der Waals surface area contributed by atoms with E-state index in [1.807, 2.05) is 0 Å². The van der Waals surface area contributed by atoms with Gasteiger partial charge in [0.1, 0.15) is 0 Å². The summed E-state index contributed by atoms with van der Waals surface area (Å²) in [5.74, 6) is 0. The minimum Gasteiger partial charge on any atom is -0.414 e. The third kappa shape index (κ3) is 7.79. The van der Waals surface area contributed by atoms with Gasteiger partial charge in [0.15, 0.2) is 0 Å². The molecule has 1 atom stereocenters. The molecule has 0 aromatic carbocycles. The standard InChI is InChI=1S/C5H9ClFNO4S/c1-2-3-4(7)12-5(9)8-13(6,10)11/h4H,2-3H2,1H3,(H,8,9). The Labute approximate surface area is 79.8 Å². The van der Waals surface area contributed by atoms with Crippen LogP contribution in [0.5, 0.6) is 0 Å². The first kappa shape index (κ1) is 12.4. The number of carbonyl (C=O) groups is 1. The minimum atomic E-state index is -4.20. The number of hydrogen-bond acceptors (Lipinski definition) is 4. The first-order chi connectivity index (χ1) is 5.85. The number of rotatable bonds is 4. The molecule has 0 radical (unpaired) electrons. The lowest BCUT2D eigenvalue weighted by Gasteiger charge is -2.07. The summed E-state index contributed by atoms with van der Waals surface area (Å²) >= 11 is 0. The molecule has 8 heteroatoms. The predicted molar refractivity (Wildman–Crippen MR) is 44.2 cm³/mol. The SMILES string of the molecule is CCCC(F)OC(=O)NS(=O)(=O)Cl. The molecular weight excluding hydrogens is 225 g/mol. The van der Waals surface area contributed by atoms with Crippen molar-refractivity contribution in [3.8, 4) is 0 Å². The van der Waals surface area contributed by atoms with Crippen LogP contribution in [0.4, 0.5) is 9.18 Å². The zero-order valence-electron chi connectivity index (χ0n) is 6.79. The predicted octanol–water partition coefficient (Wildman–Crippen LogP) is 1.29. The molecule has 1 amide bonds. The third-order valence-corrected chi connectivity index (χ3v) is 1.60. The highest BCUT2D eigenvalue weighted by Crippen LogP contribution is 2.04. The Bertz CT molecular complexity index is 268. The van der Waals surface area contributed by atoms with Crippen molar-refractivity contribution in [1.29, 1.82) is 0 Å². The van der Waals surface area contributed by atoms with Crippen LogP contribution in [-0.4, -0.2) is 20.9 Å². The maximum Gasteiger partial charge on any atom is 0.424 e. The summed E-state index contributed by atoms with van der Waals surface area (Å²) in [5.41, 5.74) is 0.